The number of fused-ring (bicyclic) bond motifs is 2. The number of likely N-dealkylation sites (N-methyl/N-ethyl adjacent to an activating group) is 1. The molecule has 1 amide bonds. The number of aliphatic imine (C=N–C) groups is 1. The Morgan fingerprint density at radius 1 is 1.39 bits per heavy atom. The fourth-order valence-corrected chi connectivity index (χ4v) is 4.80. The minimum Gasteiger partial charge on any atom is -0.469 e. The molecule has 1 saturated heterocycles. The number of furan rings is 1. The maximum atomic E-state index is 12.0. The zero-order chi connectivity index (χ0) is 18.9. The smallest absolute Gasteiger partial charge is 0.243 e. The van der Waals surface area contributed by atoms with Crippen LogP contribution in [0.1, 0.15) is 31.4 Å². The molecule has 0 bridgehead atoms. The average molecular weight is 502 g/mol. The molecule has 156 valence electrons. The van der Waals surface area contributed by atoms with Gasteiger partial charge in [0.05, 0.1) is 12.4 Å². The molecule has 3 fully saturated rings. The number of hydrogen-bond donors (Lipinski definition) is 2. The molecule has 1 aromatic rings. The third kappa shape index (κ3) is 4.03. The molecule has 28 heavy (non-hydrogen) atoms. The van der Waals surface area contributed by atoms with Crippen molar-refractivity contribution in [2.24, 2.45) is 16.3 Å². The normalized spacial score (nSPS) is 27.2. The van der Waals surface area contributed by atoms with Crippen molar-refractivity contribution < 1.29 is 13.9 Å². The quantitative estimate of drug-likeness (QED) is 0.354. The molecule has 1 aliphatic heterocycles. The van der Waals surface area contributed by atoms with E-state index in [4.69, 9.17) is 9.15 Å². The van der Waals surface area contributed by atoms with Crippen molar-refractivity contribution >= 4 is 35.8 Å². The minimum absolute atomic E-state index is 0. The third-order valence-electron chi connectivity index (χ3n) is 6.44. The summed E-state index contributed by atoms with van der Waals surface area (Å²) in [6.07, 6.45) is 7.72. The molecule has 1 spiro atoms. The summed E-state index contributed by atoms with van der Waals surface area (Å²) in [4.78, 5) is 18.1. The van der Waals surface area contributed by atoms with Crippen molar-refractivity contribution in [1.29, 1.82) is 0 Å². The van der Waals surface area contributed by atoms with Gasteiger partial charge in [-0.25, -0.2) is 4.99 Å². The van der Waals surface area contributed by atoms with E-state index < -0.39 is 0 Å². The Hall–Kier alpha value is -1.29. The largest absolute Gasteiger partial charge is 0.469 e. The minimum atomic E-state index is -0.00354. The Morgan fingerprint density at radius 2 is 2.21 bits per heavy atom. The topological polar surface area (TPSA) is 79.1 Å². The Bertz CT molecular complexity index is 688. The molecule has 7 nitrogen and oxygen atoms in total. The number of amides is 1. The first-order valence-electron chi connectivity index (χ1n) is 9.99. The molecular weight excluding hydrogens is 471 g/mol. The predicted octanol–water partition coefficient (Wildman–Crippen LogP) is 2.02. The first-order valence-corrected chi connectivity index (χ1v) is 9.99. The molecule has 2 heterocycles. The number of rotatable bonds is 6. The van der Waals surface area contributed by atoms with E-state index in [0.717, 1.165) is 31.2 Å². The highest BCUT2D eigenvalue weighted by Gasteiger charge is 2.66. The number of nitrogens with zero attached hydrogens (tertiary/aromatic N) is 2. The summed E-state index contributed by atoms with van der Waals surface area (Å²) in [5.41, 5.74) is 0.274. The Morgan fingerprint density at radius 3 is 2.86 bits per heavy atom. The summed E-state index contributed by atoms with van der Waals surface area (Å²) >= 11 is 0. The molecule has 8 heteroatoms. The number of hydrogen-bond acceptors (Lipinski definition) is 4. The second-order valence-corrected chi connectivity index (χ2v) is 8.16. The van der Waals surface area contributed by atoms with E-state index in [1.807, 2.05) is 12.1 Å². The van der Waals surface area contributed by atoms with Crippen molar-refractivity contribution in [2.75, 3.05) is 33.8 Å². The van der Waals surface area contributed by atoms with Crippen LogP contribution in [-0.4, -0.2) is 62.7 Å². The van der Waals surface area contributed by atoms with Gasteiger partial charge in [0.2, 0.25) is 5.91 Å². The predicted molar refractivity (Wildman–Crippen MR) is 118 cm³/mol. The Kier molecular flexibility index (Phi) is 6.90. The number of guanidine groups is 1. The number of carbonyl (C=O) groups is 1. The summed E-state index contributed by atoms with van der Waals surface area (Å²) in [6, 6.07) is 4.26. The van der Waals surface area contributed by atoms with Crippen molar-refractivity contribution in [2.45, 2.75) is 44.2 Å². The molecule has 0 aromatic carbocycles. The standard InChI is InChI=1S/C20H30N4O3.HI/c1-24(2)16(25)13-22-19(21-10-6-14-5-3-11-26-14)23-17-15-7-12-27-18(15)20(17)8-4-9-20;/h3,5,11,15,17-18H,4,6-10,12-13H2,1-2H3,(H2,21,22,23);1H. The van der Waals surface area contributed by atoms with Crippen molar-refractivity contribution in [3.8, 4) is 0 Å². The number of carbonyl (C=O) groups excluding carboxylic acids is 1. The van der Waals surface area contributed by atoms with E-state index >= 15 is 0 Å². The van der Waals surface area contributed by atoms with Crippen LogP contribution in [0.25, 0.3) is 0 Å². The maximum absolute atomic E-state index is 12.0. The lowest BCUT2D eigenvalue weighted by Crippen LogP contribution is -2.72. The van der Waals surface area contributed by atoms with Gasteiger partial charge in [-0.1, -0.05) is 6.42 Å². The van der Waals surface area contributed by atoms with E-state index in [-0.39, 0.29) is 41.8 Å². The molecule has 1 aromatic heterocycles. The summed E-state index contributed by atoms with van der Waals surface area (Å²) in [5.74, 6) is 2.22. The summed E-state index contributed by atoms with van der Waals surface area (Å²) < 4.78 is 11.4. The number of nitrogens with one attached hydrogen (secondary N) is 2. The van der Waals surface area contributed by atoms with E-state index in [1.54, 1.807) is 25.3 Å². The average Bonchev–Trinajstić information content (AvgIpc) is 3.25. The van der Waals surface area contributed by atoms with E-state index in [1.165, 1.54) is 19.3 Å². The van der Waals surface area contributed by atoms with Gasteiger partial charge in [0.1, 0.15) is 12.3 Å². The van der Waals surface area contributed by atoms with Gasteiger partial charge in [-0.3, -0.25) is 4.79 Å². The molecule has 2 aliphatic carbocycles. The molecular formula is C20H31IN4O3. The van der Waals surface area contributed by atoms with Gasteiger partial charge in [0.25, 0.3) is 0 Å². The molecule has 2 N–H and O–H groups in total. The molecule has 0 radical (unpaired) electrons. The van der Waals surface area contributed by atoms with Crippen LogP contribution in [0.4, 0.5) is 0 Å². The Labute approximate surface area is 183 Å². The third-order valence-corrected chi connectivity index (χ3v) is 6.44. The zero-order valence-electron chi connectivity index (χ0n) is 16.6. The monoisotopic (exact) mass is 502 g/mol. The van der Waals surface area contributed by atoms with E-state index in [9.17, 15) is 4.79 Å². The highest BCUT2D eigenvalue weighted by Crippen LogP contribution is 2.62. The first-order chi connectivity index (χ1) is 13.1. The number of halogens is 1. The van der Waals surface area contributed by atoms with Crippen molar-refractivity contribution in [3.63, 3.8) is 0 Å². The van der Waals surface area contributed by atoms with E-state index in [0.29, 0.717) is 24.6 Å². The molecule has 3 atom stereocenters. The van der Waals surface area contributed by atoms with Crippen LogP contribution in [0.15, 0.2) is 27.8 Å². The van der Waals surface area contributed by atoms with E-state index in [2.05, 4.69) is 15.6 Å². The van der Waals surface area contributed by atoms with Gasteiger partial charge in [0.15, 0.2) is 5.96 Å². The molecule has 4 rings (SSSR count). The lowest BCUT2D eigenvalue weighted by Gasteiger charge is -2.63. The highest BCUT2D eigenvalue weighted by atomic mass is 127. The van der Waals surface area contributed by atoms with Crippen molar-refractivity contribution in [3.05, 3.63) is 24.2 Å². The van der Waals surface area contributed by atoms with Gasteiger partial charge in [0, 0.05) is 51.0 Å². The Balaban J connectivity index is 0.00000225. The fraction of sp³-hybridized carbons (Fsp3) is 0.700. The van der Waals surface area contributed by atoms with Gasteiger partial charge >= 0.3 is 0 Å². The van der Waals surface area contributed by atoms with Crippen LogP contribution >= 0.6 is 24.0 Å². The number of ether oxygens (including phenoxy) is 1. The molecule has 3 unspecified atom stereocenters. The van der Waals surface area contributed by atoms with Crippen LogP contribution in [0, 0.1) is 11.3 Å². The second kappa shape index (κ2) is 9.02. The van der Waals surface area contributed by atoms with Crippen molar-refractivity contribution in [1.82, 2.24) is 15.5 Å². The van der Waals surface area contributed by atoms with Gasteiger partial charge in [-0.15, -0.1) is 24.0 Å². The van der Waals surface area contributed by atoms with Crippen LogP contribution in [0.2, 0.25) is 0 Å². The SMILES string of the molecule is CN(C)C(=O)CN=C(NCCc1ccco1)NC1C2CCOC2C12CCC2.I. The summed E-state index contributed by atoms with van der Waals surface area (Å²) in [6.45, 7) is 1.72. The van der Waals surface area contributed by atoms with Crippen LogP contribution in [-0.2, 0) is 16.0 Å². The highest BCUT2D eigenvalue weighted by molar-refractivity contribution is 14.0. The molecule has 3 aliphatic rings. The van der Waals surface area contributed by atoms with Gasteiger partial charge in [-0.2, -0.15) is 0 Å². The van der Waals surface area contributed by atoms with Crippen LogP contribution in [0.3, 0.4) is 0 Å². The zero-order valence-corrected chi connectivity index (χ0v) is 19.0. The summed E-state index contributed by atoms with van der Waals surface area (Å²) in [7, 11) is 3.51. The summed E-state index contributed by atoms with van der Waals surface area (Å²) in [5, 5.41) is 7.03. The molecule has 2 saturated carbocycles. The first kappa shape index (κ1) is 21.4. The second-order valence-electron chi connectivity index (χ2n) is 8.16. The lowest BCUT2D eigenvalue weighted by molar-refractivity contribution is -0.171. The van der Waals surface area contributed by atoms with Gasteiger partial charge in [-0.05, 0) is 31.4 Å². The maximum Gasteiger partial charge on any atom is 0.243 e. The van der Waals surface area contributed by atoms with Crippen LogP contribution in [0.5, 0.6) is 0 Å². The van der Waals surface area contributed by atoms with Crippen LogP contribution < -0.4 is 10.6 Å². The fourth-order valence-electron chi connectivity index (χ4n) is 4.80. The lowest BCUT2D eigenvalue weighted by atomic mass is 9.46. The van der Waals surface area contributed by atoms with Gasteiger partial charge < -0.3 is 24.7 Å².